The van der Waals surface area contributed by atoms with Gasteiger partial charge in [0.05, 0.1) is 11.3 Å². The van der Waals surface area contributed by atoms with Gasteiger partial charge in [-0.3, -0.25) is 4.79 Å². The standard InChI is InChI=1S/C18H19N3O3S/c22-17(19-13-18(8-9-18)15-4-2-1-3-5-15)14-6-7-16-20-25(23,24)11-10-21(16)12-14/h1-7,12H,8-11,13H2,(H,19,22). The van der Waals surface area contributed by atoms with Gasteiger partial charge in [-0.15, -0.1) is 4.40 Å². The average molecular weight is 357 g/mol. The summed E-state index contributed by atoms with van der Waals surface area (Å²) in [4.78, 5) is 14.2. The molecule has 0 atom stereocenters. The second-order valence-electron chi connectivity index (χ2n) is 6.68. The number of hydrogen-bond acceptors (Lipinski definition) is 4. The van der Waals surface area contributed by atoms with Crippen LogP contribution in [0.1, 0.15) is 18.4 Å². The fourth-order valence-electron chi connectivity index (χ4n) is 3.20. The molecule has 1 saturated carbocycles. The Kier molecular flexibility index (Phi) is 3.76. The molecular weight excluding hydrogens is 338 g/mol. The number of hydrogen-bond donors (Lipinski definition) is 1. The lowest BCUT2D eigenvalue weighted by Gasteiger charge is -2.27. The Labute approximate surface area is 147 Å². The van der Waals surface area contributed by atoms with Crippen molar-refractivity contribution in [3.63, 3.8) is 0 Å². The Morgan fingerprint density at radius 2 is 1.96 bits per heavy atom. The summed E-state index contributed by atoms with van der Waals surface area (Å²) in [5.74, 6) is 0.184. The van der Waals surface area contributed by atoms with Crippen LogP contribution in [0.5, 0.6) is 0 Å². The maximum Gasteiger partial charge on any atom is 0.256 e. The largest absolute Gasteiger partial charge is 0.351 e. The van der Waals surface area contributed by atoms with E-state index in [1.807, 2.05) is 18.2 Å². The molecule has 1 N–H and O–H groups in total. The maximum absolute atomic E-state index is 12.5. The van der Waals surface area contributed by atoms with E-state index in [-0.39, 0.29) is 17.1 Å². The van der Waals surface area contributed by atoms with Crippen LogP contribution in [0.25, 0.3) is 0 Å². The monoisotopic (exact) mass is 357 g/mol. The van der Waals surface area contributed by atoms with Crippen LogP contribution in [-0.4, -0.2) is 43.9 Å². The highest BCUT2D eigenvalue weighted by atomic mass is 32.2. The number of fused-ring (bicyclic) bond motifs is 1. The van der Waals surface area contributed by atoms with Crippen LogP contribution in [0, 0.1) is 0 Å². The van der Waals surface area contributed by atoms with Gasteiger partial charge >= 0.3 is 0 Å². The van der Waals surface area contributed by atoms with Crippen LogP contribution < -0.4 is 5.32 Å². The molecule has 1 aromatic carbocycles. The van der Waals surface area contributed by atoms with E-state index in [1.165, 1.54) is 5.56 Å². The number of amidine groups is 1. The van der Waals surface area contributed by atoms with Crippen molar-refractivity contribution < 1.29 is 13.2 Å². The number of carbonyl (C=O) groups is 1. The van der Waals surface area contributed by atoms with Gasteiger partial charge in [-0.05, 0) is 30.6 Å². The normalized spacial score (nSPS) is 22.5. The quantitative estimate of drug-likeness (QED) is 0.882. The first-order chi connectivity index (χ1) is 12.0. The van der Waals surface area contributed by atoms with E-state index in [2.05, 4.69) is 21.8 Å². The first-order valence-corrected chi connectivity index (χ1v) is 9.91. The van der Waals surface area contributed by atoms with E-state index in [0.717, 1.165) is 12.8 Å². The van der Waals surface area contributed by atoms with E-state index < -0.39 is 10.0 Å². The smallest absolute Gasteiger partial charge is 0.256 e. The van der Waals surface area contributed by atoms with Crippen molar-refractivity contribution in [2.24, 2.45) is 4.40 Å². The zero-order valence-corrected chi connectivity index (χ0v) is 14.5. The van der Waals surface area contributed by atoms with Gasteiger partial charge in [0.25, 0.3) is 15.9 Å². The summed E-state index contributed by atoms with van der Waals surface area (Å²) in [5.41, 5.74) is 1.84. The van der Waals surface area contributed by atoms with Gasteiger partial charge in [0.2, 0.25) is 0 Å². The van der Waals surface area contributed by atoms with E-state index in [4.69, 9.17) is 0 Å². The molecule has 0 bridgehead atoms. The van der Waals surface area contributed by atoms with Crippen molar-refractivity contribution in [1.82, 2.24) is 10.2 Å². The Morgan fingerprint density at radius 1 is 1.20 bits per heavy atom. The molecule has 0 saturated heterocycles. The predicted molar refractivity (Wildman–Crippen MR) is 95.5 cm³/mol. The fourth-order valence-corrected chi connectivity index (χ4v) is 4.17. The van der Waals surface area contributed by atoms with Crippen molar-refractivity contribution in [2.45, 2.75) is 18.3 Å². The molecule has 1 aromatic rings. The summed E-state index contributed by atoms with van der Waals surface area (Å²) in [6.07, 6.45) is 7.02. The minimum atomic E-state index is -3.38. The van der Waals surface area contributed by atoms with Crippen LogP contribution in [0.15, 0.2) is 58.7 Å². The summed E-state index contributed by atoms with van der Waals surface area (Å²) in [6, 6.07) is 10.3. The molecular formula is C18H19N3O3S. The topological polar surface area (TPSA) is 78.8 Å². The highest BCUT2D eigenvalue weighted by molar-refractivity contribution is 7.90. The Bertz CT molecular complexity index is 897. The average Bonchev–Trinajstić information content (AvgIpc) is 3.40. The van der Waals surface area contributed by atoms with Gasteiger partial charge in [-0.25, -0.2) is 8.42 Å². The molecule has 130 valence electrons. The SMILES string of the molecule is O=C(NCC1(c2ccccc2)CC1)C1=CN2CCS(=O)(=O)N=C2C=C1. The molecule has 0 spiro atoms. The summed E-state index contributed by atoms with van der Waals surface area (Å²) in [6.45, 7) is 0.923. The lowest BCUT2D eigenvalue weighted by molar-refractivity contribution is -0.117. The molecule has 6 nitrogen and oxygen atoms in total. The molecule has 7 heteroatoms. The van der Waals surface area contributed by atoms with Crippen LogP contribution in [0.2, 0.25) is 0 Å². The van der Waals surface area contributed by atoms with Gasteiger partial charge in [0, 0.05) is 24.7 Å². The first-order valence-electron chi connectivity index (χ1n) is 8.30. The van der Waals surface area contributed by atoms with Crippen molar-refractivity contribution in [3.05, 3.63) is 59.8 Å². The Hall–Kier alpha value is -2.41. The van der Waals surface area contributed by atoms with Crippen molar-refractivity contribution in [2.75, 3.05) is 18.8 Å². The lowest BCUT2D eigenvalue weighted by Crippen LogP contribution is -2.39. The number of nitrogens with zero attached hydrogens (tertiary/aromatic N) is 2. The zero-order valence-electron chi connectivity index (χ0n) is 13.7. The number of carbonyl (C=O) groups excluding carboxylic acids is 1. The van der Waals surface area contributed by atoms with E-state index >= 15 is 0 Å². The lowest BCUT2D eigenvalue weighted by atomic mass is 9.96. The molecule has 0 aromatic heterocycles. The Balaban J connectivity index is 1.43. The van der Waals surface area contributed by atoms with Crippen LogP contribution in [0.4, 0.5) is 0 Å². The Morgan fingerprint density at radius 3 is 2.68 bits per heavy atom. The minimum absolute atomic E-state index is 0.0349. The number of benzene rings is 1. The van der Waals surface area contributed by atoms with Gasteiger partial charge in [-0.1, -0.05) is 30.3 Å². The van der Waals surface area contributed by atoms with Crippen LogP contribution in [0.3, 0.4) is 0 Å². The summed E-state index contributed by atoms with van der Waals surface area (Å²) in [5, 5.41) is 3.02. The third kappa shape index (κ3) is 3.24. The van der Waals surface area contributed by atoms with Crippen LogP contribution >= 0.6 is 0 Å². The summed E-state index contributed by atoms with van der Waals surface area (Å²) < 4.78 is 26.8. The molecule has 3 aliphatic rings. The second-order valence-corrected chi connectivity index (χ2v) is 8.43. The van der Waals surface area contributed by atoms with E-state index in [9.17, 15) is 13.2 Å². The van der Waals surface area contributed by atoms with Gasteiger partial charge in [0.1, 0.15) is 5.84 Å². The molecule has 0 unspecified atom stereocenters. The second kappa shape index (κ2) is 5.84. The van der Waals surface area contributed by atoms with Gasteiger partial charge in [-0.2, -0.15) is 0 Å². The molecule has 2 aliphatic heterocycles. The zero-order chi connectivity index (χ0) is 17.5. The highest BCUT2D eigenvalue weighted by Crippen LogP contribution is 2.47. The molecule has 1 aliphatic carbocycles. The summed E-state index contributed by atoms with van der Waals surface area (Å²) in [7, 11) is -3.38. The number of sulfonamides is 1. The molecule has 4 rings (SSSR count). The number of amides is 1. The number of nitrogens with one attached hydrogen (secondary N) is 1. The predicted octanol–water partition coefficient (Wildman–Crippen LogP) is 1.33. The molecule has 25 heavy (non-hydrogen) atoms. The molecule has 0 radical (unpaired) electrons. The maximum atomic E-state index is 12.5. The van der Waals surface area contributed by atoms with Crippen LogP contribution in [-0.2, 0) is 20.2 Å². The fraction of sp³-hybridized carbons (Fsp3) is 0.333. The van der Waals surface area contributed by atoms with Crippen molar-refractivity contribution >= 4 is 21.8 Å². The minimum Gasteiger partial charge on any atom is -0.351 e. The molecule has 2 heterocycles. The summed E-state index contributed by atoms with van der Waals surface area (Å²) >= 11 is 0. The third-order valence-electron chi connectivity index (χ3n) is 4.91. The van der Waals surface area contributed by atoms with E-state index in [1.54, 1.807) is 23.3 Å². The van der Waals surface area contributed by atoms with Gasteiger partial charge in [0.15, 0.2) is 0 Å². The van der Waals surface area contributed by atoms with Crippen molar-refractivity contribution in [1.29, 1.82) is 0 Å². The molecule has 1 fully saturated rings. The number of rotatable bonds is 4. The van der Waals surface area contributed by atoms with Gasteiger partial charge < -0.3 is 10.2 Å². The first kappa shape index (κ1) is 16.1. The van der Waals surface area contributed by atoms with E-state index in [0.29, 0.717) is 24.5 Å². The highest BCUT2D eigenvalue weighted by Gasteiger charge is 2.44. The molecule has 1 amide bonds. The third-order valence-corrected chi connectivity index (χ3v) is 6.08. The van der Waals surface area contributed by atoms with Crippen molar-refractivity contribution in [3.8, 4) is 0 Å².